The minimum atomic E-state index is -0.541. The van der Waals surface area contributed by atoms with Crippen molar-refractivity contribution in [2.24, 2.45) is 11.7 Å². The summed E-state index contributed by atoms with van der Waals surface area (Å²) >= 11 is 1.97. The van der Waals surface area contributed by atoms with E-state index in [9.17, 15) is 9.18 Å². The quantitative estimate of drug-likeness (QED) is 0.821. The van der Waals surface area contributed by atoms with Crippen LogP contribution in [0.15, 0.2) is 18.2 Å². The highest BCUT2D eigenvalue weighted by Gasteiger charge is 2.19. The van der Waals surface area contributed by atoms with Gasteiger partial charge in [0.1, 0.15) is 5.82 Å². The number of amides is 1. The van der Waals surface area contributed by atoms with Crippen LogP contribution >= 0.6 is 22.6 Å². The third-order valence-corrected chi connectivity index (χ3v) is 3.64. The van der Waals surface area contributed by atoms with Gasteiger partial charge in [-0.25, -0.2) is 4.39 Å². The van der Waals surface area contributed by atoms with Crippen LogP contribution in [-0.4, -0.2) is 11.9 Å². The highest BCUT2D eigenvalue weighted by Crippen LogP contribution is 2.19. The second-order valence-corrected chi connectivity index (χ2v) is 5.19. The first-order valence-electron chi connectivity index (χ1n) is 5.47. The first-order valence-corrected chi connectivity index (χ1v) is 6.55. The number of nitrogens with two attached hydrogens (primary N) is 1. The molecular formula is C12H16FIN2O. The zero-order chi connectivity index (χ0) is 13.0. The Morgan fingerprint density at radius 2 is 2.24 bits per heavy atom. The maximum absolute atomic E-state index is 12.9. The van der Waals surface area contributed by atoms with Crippen LogP contribution in [0, 0.1) is 15.3 Å². The van der Waals surface area contributed by atoms with Gasteiger partial charge in [0.15, 0.2) is 0 Å². The van der Waals surface area contributed by atoms with Crippen molar-refractivity contribution in [3.8, 4) is 0 Å². The topological polar surface area (TPSA) is 55.1 Å². The second kappa shape index (κ2) is 6.30. The van der Waals surface area contributed by atoms with Crippen LogP contribution in [0.3, 0.4) is 0 Å². The number of rotatable bonds is 4. The van der Waals surface area contributed by atoms with Crippen LogP contribution < -0.4 is 11.1 Å². The molecule has 0 bridgehead atoms. The maximum Gasteiger partial charge on any atom is 0.241 e. The van der Waals surface area contributed by atoms with Crippen LogP contribution in [0.4, 0.5) is 10.1 Å². The van der Waals surface area contributed by atoms with Crippen molar-refractivity contribution in [3.05, 3.63) is 27.6 Å². The summed E-state index contributed by atoms with van der Waals surface area (Å²) < 4.78 is 13.5. The van der Waals surface area contributed by atoms with Crippen LogP contribution in [0.1, 0.15) is 20.3 Å². The number of nitrogens with one attached hydrogen (secondary N) is 1. The largest absolute Gasteiger partial charge is 0.324 e. The van der Waals surface area contributed by atoms with E-state index in [0.29, 0.717) is 9.26 Å². The van der Waals surface area contributed by atoms with Gasteiger partial charge in [-0.05, 0) is 46.7 Å². The van der Waals surface area contributed by atoms with Gasteiger partial charge >= 0.3 is 0 Å². The fourth-order valence-corrected chi connectivity index (χ4v) is 1.93. The first kappa shape index (κ1) is 14.4. The lowest BCUT2D eigenvalue weighted by Gasteiger charge is -2.18. The molecular weight excluding hydrogens is 334 g/mol. The van der Waals surface area contributed by atoms with Crippen molar-refractivity contribution >= 4 is 34.2 Å². The maximum atomic E-state index is 12.9. The summed E-state index contributed by atoms with van der Waals surface area (Å²) in [7, 11) is 0. The number of halogens is 2. The highest BCUT2D eigenvalue weighted by molar-refractivity contribution is 14.1. The Morgan fingerprint density at radius 3 is 2.76 bits per heavy atom. The molecule has 0 saturated heterocycles. The van der Waals surface area contributed by atoms with E-state index in [1.54, 1.807) is 6.07 Å². The molecule has 1 rings (SSSR count). The van der Waals surface area contributed by atoms with E-state index in [2.05, 4.69) is 5.32 Å². The zero-order valence-electron chi connectivity index (χ0n) is 9.84. The minimum Gasteiger partial charge on any atom is -0.324 e. The lowest BCUT2D eigenvalue weighted by molar-refractivity contribution is -0.118. The van der Waals surface area contributed by atoms with Gasteiger partial charge in [-0.1, -0.05) is 20.3 Å². The Balaban J connectivity index is 2.74. The average molecular weight is 350 g/mol. The lowest BCUT2D eigenvalue weighted by Crippen LogP contribution is -2.40. The van der Waals surface area contributed by atoms with Crippen molar-refractivity contribution in [3.63, 3.8) is 0 Å². The van der Waals surface area contributed by atoms with Crippen molar-refractivity contribution < 1.29 is 9.18 Å². The number of carbonyl (C=O) groups excluding carboxylic acids is 1. The van der Waals surface area contributed by atoms with Crippen molar-refractivity contribution in [1.82, 2.24) is 0 Å². The molecule has 0 aliphatic heterocycles. The average Bonchev–Trinajstić information content (AvgIpc) is 2.30. The van der Waals surface area contributed by atoms with Crippen LogP contribution in [0.5, 0.6) is 0 Å². The number of anilines is 1. The SMILES string of the molecule is CC[C@H](C)[C@H](N)C(=O)Nc1ccc(F)cc1I. The minimum absolute atomic E-state index is 0.119. The van der Waals surface area contributed by atoms with Crippen LogP contribution in [-0.2, 0) is 4.79 Å². The van der Waals surface area contributed by atoms with Gasteiger partial charge < -0.3 is 11.1 Å². The molecule has 0 fully saturated rings. The third-order valence-electron chi connectivity index (χ3n) is 2.75. The summed E-state index contributed by atoms with van der Waals surface area (Å²) in [6.45, 7) is 3.92. The van der Waals surface area contributed by atoms with Gasteiger partial charge in [0.25, 0.3) is 0 Å². The fraction of sp³-hybridized carbons (Fsp3) is 0.417. The van der Waals surface area contributed by atoms with E-state index in [4.69, 9.17) is 5.73 Å². The summed E-state index contributed by atoms with van der Waals surface area (Å²) in [6.07, 6.45) is 0.842. The normalized spacial score (nSPS) is 14.2. The monoisotopic (exact) mass is 350 g/mol. The Bertz CT molecular complexity index is 411. The predicted molar refractivity (Wildman–Crippen MR) is 75.2 cm³/mol. The third kappa shape index (κ3) is 3.92. The Morgan fingerprint density at radius 1 is 1.59 bits per heavy atom. The lowest BCUT2D eigenvalue weighted by atomic mass is 9.99. The van der Waals surface area contributed by atoms with E-state index in [-0.39, 0.29) is 17.6 Å². The molecule has 5 heteroatoms. The van der Waals surface area contributed by atoms with E-state index in [0.717, 1.165) is 6.42 Å². The summed E-state index contributed by atoms with van der Waals surface area (Å²) in [5, 5.41) is 2.71. The molecule has 0 spiro atoms. The molecule has 0 heterocycles. The molecule has 17 heavy (non-hydrogen) atoms. The number of benzene rings is 1. The standard InChI is InChI=1S/C12H16FIN2O/c1-3-7(2)11(15)12(17)16-10-5-4-8(13)6-9(10)14/h4-7,11H,3,15H2,1-2H3,(H,16,17)/t7-,11-/m0/s1. The van der Waals surface area contributed by atoms with Crippen molar-refractivity contribution in [2.75, 3.05) is 5.32 Å². The van der Waals surface area contributed by atoms with E-state index in [1.165, 1.54) is 12.1 Å². The molecule has 0 aliphatic rings. The molecule has 3 N–H and O–H groups in total. The van der Waals surface area contributed by atoms with Gasteiger partial charge in [0.2, 0.25) is 5.91 Å². The molecule has 0 aromatic heterocycles. The van der Waals surface area contributed by atoms with Gasteiger partial charge in [0, 0.05) is 3.57 Å². The smallest absolute Gasteiger partial charge is 0.241 e. The van der Waals surface area contributed by atoms with Gasteiger partial charge in [-0.15, -0.1) is 0 Å². The summed E-state index contributed by atoms with van der Waals surface area (Å²) in [6, 6.07) is 3.68. The van der Waals surface area contributed by atoms with Crippen LogP contribution in [0.2, 0.25) is 0 Å². The van der Waals surface area contributed by atoms with Gasteiger partial charge in [0.05, 0.1) is 11.7 Å². The molecule has 1 aromatic carbocycles. The van der Waals surface area contributed by atoms with E-state index < -0.39 is 6.04 Å². The Labute approximate surface area is 114 Å². The summed E-state index contributed by atoms with van der Waals surface area (Å²) in [5.74, 6) is -0.435. The second-order valence-electron chi connectivity index (χ2n) is 4.02. The van der Waals surface area contributed by atoms with Crippen molar-refractivity contribution in [2.45, 2.75) is 26.3 Å². The number of hydrogen-bond acceptors (Lipinski definition) is 2. The first-order chi connectivity index (χ1) is 7.95. The summed E-state index contributed by atoms with van der Waals surface area (Å²) in [4.78, 5) is 11.8. The molecule has 0 radical (unpaired) electrons. The molecule has 0 saturated carbocycles. The van der Waals surface area contributed by atoms with Gasteiger partial charge in [-0.2, -0.15) is 0 Å². The molecule has 1 amide bonds. The molecule has 0 unspecified atom stereocenters. The van der Waals surface area contributed by atoms with E-state index >= 15 is 0 Å². The van der Waals surface area contributed by atoms with E-state index in [1.807, 2.05) is 36.4 Å². The highest BCUT2D eigenvalue weighted by atomic mass is 127. The zero-order valence-corrected chi connectivity index (χ0v) is 12.0. The Kier molecular flexibility index (Phi) is 5.32. The molecule has 0 aliphatic carbocycles. The molecule has 1 aromatic rings. The molecule has 3 nitrogen and oxygen atoms in total. The summed E-state index contributed by atoms with van der Waals surface area (Å²) in [5.41, 5.74) is 6.40. The number of carbonyl (C=O) groups is 1. The fourth-order valence-electron chi connectivity index (χ4n) is 1.32. The molecule has 2 atom stereocenters. The molecule has 94 valence electrons. The predicted octanol–water partition coefficient (Wildman–Crippen LogP) is 2.74. The van der Waals surface area contributed by atoms with Crippen LogP contribution in [0.25, 0.3) is 0 Å². The Hall–Kier alpha value is -0.690. The number of hydrogen-bond donors (Lipinski definition) is 2. The van der Waals surface area contributed by atoms with Crippen molar-refractivity contribution in [1.29, 1.82) is 0 Å². The van der Waals surface area contributed by atoms with Gasteiger partial charge in [-0.3, -0.25) is 4.79 Å².